The zero-order valence-corrected chi connectivity index (χ0v) is 18.9. The molecule has 0 atom stereocenters. The van der Waals surface area contributed by atoms with Crippen LogP contribution < -0.4 is 0 Å². The van der Waals surface area contributed by atoms with Crippen LogP contribution in [0, 0.1) is 23.3 Å². The van der Waals surface area contributed by atoms with Gasteiger partial charge in [-0.25, -0.2) is 22.4 Å². The summed E-state index contributed by atoms with van der Waals surface area (Å²) in [7, 11) is 0. The maximum Gasteiger partial charge on any atom is 0.345 e. The zero-order valence-electron chi connectivity index (χ0n) is 18.9. The summed E-state index contributed by atoms with van der Waals surface area (Å²) in [6, 6.07) is 20.6. The Labute approximate surface area is 208 Å². The number of ketones is 2. The van der Waals surface area contributed by atoms with Crippen molar-refractivity contribution in [2.75, 3.05) is 0 Å². The van der Waals surface area contributed by atoms with Gasteiger partial charge < -0.3 is 10.2 Å². The van der Waals surface area contributed by atoms with Gasteiger partial charge in [-0.05, 0) is 47.5 Å². The molecule has 0 aliphatic heterocycles. The molecule has 4 aromatic carbocycles. The third kappa shape index (κ3) is 5.96. The highest BCUT2D eigenvalue weighted by molar-refractivity contribution is 6.49. The Morgan fingerprint density at radius 2 is 0.919 bits per heavy atom. The number of Topliss-reactive ketones (excluding diaryl/α,β-unsaturated/α-hetero) is 2. The highest BCUT2D eigenvalue weighted by Crippen LogP contribution is 2.29. The predicted octanol–water partition coefficient (Wildman–Crippen LogP) is 5.32. The van der Waals surface area contributed by atoms with Crippen LogP contribution in [-0.2, 0) is 10.4 Å². The molecule has 5 nitrogen and oxygen atoms in total. The van der Waals surface area contributed by atoms with E-state index in [-0.39, 0.29) is 0 Å². The molecular formula is C28H18F4O5. The number of carboxylic acid groups (broad SMARTS) is 1. The van der Waals surface area contributed by atoms with Crippen molar-refractivity contribution in [2.24, 2.45) is 0 Å². The largest absolute Gasteiger partial charge is 0.479 e. The van der Waals surface area contributed by atoms with Crippen molar-refractivity contribution in [3.05, 3.63) is 143 Å². The number of rotatable bonds is 6. The molecular weight excluding hydrogens is 492 g/mol. The van der Waals surface area contributed by atoms with Gasteiger partial charge >= 0.3 is 5.97 Å². The third-order valence-electron chi connectivity index (χ3n) is 5.24. The average Bonchev–Trinajstić information content (AvgIpc) is 2.91. The van der Waals surface area contributed by atoms with Gasteiger partial charge in [-0.1, -0.05) is 60.7 Å². The lowest BCUT2D eigenvalue weighted by Crippen LogP contribution is -2.36. The molecule has 0 aliphatic rings. The molecule has 0 amide bonds. The topological polar surface area (TPSA) is 91.7 Å². The smallest absolute Gasteiger partial charge is 0.345 e. The summed E-state index contributed by atoms with van der Waals surface area (Å²) in [5.74, 6) is -8.29. The number of aliphatic hydroxyl groups is 1. The van der Waals surface area contributed by atoms with E-state index in [0.717, 1.165) is 12.1 Å². The number of hydrogen-bond acceptors (Lipinski definition) is 4. The van der Waals surface area contributed by atoms with Crippen molar-refractivity contribution in [3.63, 3.8) is 0 Å². The van der Waals surface area contributed by atoms with Crippen molar-refractivity contribution in [1.82, 2.24) is 0 Å². The first-order valence-corrected chi connectivity index (χ1v) is 10.6. The van der Waals surface area contributed by atoms with E-state index in [1.807, 2.05) is 0 Å². The van der Waals surface area contributed by atoms with Crippen LogP contribution in [0.25, 0.3) is 0 Å². The molecule has 9 heteroatoms. The summed E-state index contributed by atoms with van der Waals surface area (Å²) in [6.07, 6.45) is 0. The average molecular weight is 510 g/mol. The Hall–Kier alpha value is -4.63. The van der Waals surface area contributed by atoms with E-state index in [0.29, 0.717) is 35.4 Å². The van der Waals surface area contributed by atoms with Crippen LogP contribution in [-0.4, -0.2) is 27.7 Å². The van der Waals surface area contributed by atoms with Crippen LogP contribution in [0.1, 0.15) is 31.8 Å². The SMILES string of the molecule is O=C(C(=O)c1cc(F)ccc1F)c1cc(F)ccc1F.O=C(O)C(O)(c1ccccc1)c1ccccc1. The van der Waals surface area contributed by atoms with E-state index in [2.05, 4.69) is 0 Å². The maximum atomic E-state index is 13.4. The number of benzene rings is 4. The molecule has 0 spiro atoms. The second-order valence-electron chi connectivity index (χ2n) is 7.65. The first kappa shape index (κ1) is 27.0. The van der Waals surface area contributed by atoms with Gasteiger partial charge in [0.15, 0.2) is 0 Å². The van der Waals surface area contributed by atoms with Crippen molar-refractivity contribution < 1.29 is 42.2 Å². The third-order valence-corrected chi connectivity index (χ3v) is 5.24. The molecule has 0 bridgehead atoms. The fourth-order valence-corrected chi connectivity index (χ4v) is 3.36. The van der Waals surface area contributed by atoms with Crippen LogP contribution in [0.3, 0.4) is 0 Å². The molecule has 0 aliphatic carbocycles. The molecule has 0 heterocycles. The summed E-state index contributed by atoms with van der Waals surface area (Å²) in [6.45, 7) is 0. The van der Waals surface area contributed by atoms with Crippen molar-refractivity contribution >= 4 is 17.5 Å². The van der Waals surface area contributed by atoms with Crippen LogP contribution in [0.4, 0.5) is 17.6 Å². The number of carbonyl (C=O) groups excluding carboxylic acids is 2. The minimum absolute atomic E-state index is 0.346. The van der Waals surface area contributed by atoms with Gasteiger partial charge in [-0.3, -0.25) is 9.59 Å². The second kappa shape index (κ2) is 11.4. The molecule has 0 aromatic heterocycles. The van der Waals surface area contributed by atoms with E-state index in [4.69, 9.17) is 0 Å². The number of aliphatic carboxylic acids is 1. The molecule has 4 rings (SSSR count). The van der Waals surface area contributed by atoms with Gasteiger partial charge in [0.25, 0.3) is 0 Å². The lowest BCUT2D eigenvalue weighted by atomic mass is 9.86. The lowest BCUT2D eigenvalue weighted by Gasteiger charge is -2.24. The molecule has 0 saturated heterocycles. The Bertz CT molecular complexity index is 1340. The fraction of sp³-hybridized carbons (Fsp3) is 0.0357. The number of carboxylic acids is 1. The maximum absolute atomic E-state index is 13.4. The molecule has 0 saturated carbocycles. The quantitative estimate of drug-likeness (QED) is 0.208. The monoisotopic (exact) mass is 510 g/mol. The van der Waals surface area contributed by atoms with Crippen LogP contribution in [0.15, 0.2) is 97.1 Å². The highest BCUT2D eigenvalue weighted by Gasteiger charge is 2.39. The lowest BCUT2D eigenvalue weighted by molar-refractivity contribution is -0.155. The van der Waals surface area contributed by atoms with E-state index >= 15 is 0 Å². The van der Waals surface area contributed by atoms with Gasteiger partial charge in [-0.15, -0.1) is 0 Å². The molecule has 37 heavy (non-hydrogen) atoms. The second-order valence-corrected chi connectivity index (χ2v) is 7.65. The molecule has 0 radical (unpaired) electrons. The Balaban J connectivity index is 0.000000208. The summed E-state index contributed by atoms with van der Waals surface area (Å²) in [5, 5.41) is 19.7. The van der Waals surface area contributed by atoms with Crippen LogP contribution in [0.5, 0.6) is 0 Å². The molecule has 0 fully saturated rings. The normalized spacial score (nSPS) is 10.7. The standard InChI is InChI=1S/C14H6F4O2.C14H12O3/c15-7-1-3-11(17)9(5-7)13(19)14(20)10-6-8(16)2-4-12(10)18;15-13(16)14(17,11-7-3-1-4-8-11)12-9-5-2-6-10-12/h1-6H;1-10,17H,(H,15,16). The molecule has 2 N–H and O–H groups in total. The van der Waals surface area contributed by atoms with E-state index in [1.165, 1.54) is 0 Å². The number of carbonyl (C=O) groups is 3. The minimum Gasteiger partial charge on any atom is -0.479 e. The van der Waals surface area contributed by atoms with Crippen LogP contribution >= 0.6 is 0 Å². The minimum atomic E-state index is -2.00. The Morgan fingerprint density at radius 1 is 0.568 bits per heavy atom. The van der Waals surface area contributed by atoms with Crippen molar-refractivity contribution in [3.8, 4) is 0 Å². The number of hydrogen-bond donors (Lipinski definition) is 2. The van der Waals surface area contributed by atoms with Gasteiger partial charge in [-0.2, -0.15) is 0 Å². The summed E-state index contributed by atoms with van der Waals surface area (Å²) in [5.41, 5.74) is -2.97. The Morgan fingerprint density at radius 3 is 1.24 bits per heavy atom. The zero-order chi connectivity index (χ0) is 27.2. The molecule has 0 unspecified atom stereocenters. The van der Waals surface area contributed by atoms with Gasteiger partial charge in [0.1, 0.15) is 23.3 Å². The first-order chi connectivity index (χ1) is 17.6. The predicted molar refractivity (Wildman–Crippen MR) is 125 cm³/mol. The van der Waals surface area contributed by atoms with Gasteiger partial charge in [0, 0.05) is 0 Å². The Kier molecular flexibility index (Phi) is 8.31. The first-order valence-electron chi connectivity index (χ1n) is 10.6. The van der Waals surface area contributed by atoms with E-state index < -0.39 is 57.5 Å². The molecule has 4 aromatic rings. The van der Waals surface area contributed by atoms with Crippen LogP contribution in [0.2, 0.25) is 0 Å². The highest BCUT2D eigenvalue weighted by atomic mass is 19.1. The molecule has 188 valence electrons. The summed E-state index contributed by atoms with van der Waals surface area (Å²) in [4.78, 5) is 34.8. The van der Waals surface area contributed by atoms with Gasteiger partial charge in [0.05, 0.1) is 11.1 Å². The van der Waals surface area contributed by atoms with E-state index in [9.17, 15) is 42.2 Å². The van der Waals surface area contributed by atoms with Crippen molar-refractivity contribution in [1.29, 1.82) is 0 Å². The summed E-state index contributed by atoms with van der Waals surface area (Å²) < 4.78 is 52.6. The fourth-order valence-electron chi connectivity index (χ4n) is 3.36. The summed E-state index contributed by atoms with van der Waals surface area (Å²) >= 11 is 0. The number of halogens is 4. The van der Waals surface area contributed by atoms with E-state index in [1.54, 1.807) is 60.7 Å². The van der Waals surface area contributed by atoms with Gasteiger partial charge in [0.2, 0.25) is 17.2 Å². The van der Waals surface area contributed by atoms with Crippen molar-refractivity contribution in [2.45, 2.75) is 5.60 Å².